The van der Waals surface area contributed by atoms with Gasteiger partial charge in [0.05, 0.1) is 24.4 Å². The van der Waals surface area contributed by atoms with E-state index in [1.807, 2.05) is 0 Å². The van der Waals surface area contributed by atoms with Crippen molar-refractivity contribution in [3.63, 3.8) is 0 Å². The highest BCUT2D eigenvalue weighted by molar-refractivity contribution is 5.33. The Kier molecular flexibility index (Phi) is 6.93. The predicted octanol–water partition coefficient (Wildman–Crippen LogP) is 4.44. The third-order valence-electron chi connectivity index (χ3n) is 12.4. The van der Waals surface area contributed by atoms with E-state index < -0.39 is 29.3 Å². The monoisotopic (exact) mass is 492 g/mol. The van der Waals surface area contributed by atoms with E-state index in [1.54, 1.807) is 19.4 Å². The fraction of sp³-hybridized carbons (Fsp3) is 0.933. The van der Waals surface area contributed by atoms with Gasteiger partial charge in [-0.25, -0.2) is 0 Å². The molecule has 0 unspecified atom stereocenters. The first kappa shape index (κ1) is 27.6. The van der Waals surface area contributed by atoms with E-state index in [-0.39, 0.29) is 28.8 Å². The standard InChI is InChI=1S/C30H52O5/c1-18(16-22(32)25(34)26(2,3)35)19-10-14-30(7)21-8-9-23-27(4,20(21)11-15-29(19,30)6)13-12-24(33)28(23,5)17-31/h8,18-20,22-25,31-35H,9-17H2,1-7H3/t18-,19-,20-,22+,23+,24+,25-,27+,28+,29-,30+/m0/s1. The maximum Gasteiger partial charge on any atom is 0.108 e. The fourth-order valence-corrected chi connectivity index (χ4v) is 9.84. The molecule has 5 heteroatoms. The first-order valence-corrected chi connectivity index (χ1v) is 14.1. The highest BCUT2D eigenvalue weighted by Gasteiger charge is 2.65. The van der Waals surface area contributed by atoms with Crippen LogP contribution >= 0.6 is 0 Å². The number of rotatable bonds is 6. The van der Waals surface area contributed by atoms with Gasteiger partial charge in [0.2, 0.25) is 0 Å². The van der Waals surface area contributed by atoms with Crippen LogP contribution in [0.4, 0.5) is 0 Å². The van der Waals surface area contributed by atoms with Crippen LogP contribution in [0.2, 0.25) is 0 Å². The van der Waals surface area contributed by atoms with Crippen LogP contribution in [0.25, 0.3) is 0 Å². The summed E-state index contributed by atoms with van der Waals surface area (Å²) in [4.78, 5) is 0. The van der Waals surface area contributed by atoms with Gasteiger partial charge in [-0.15, -0.1) is 0 Å². The Bertz CT molecular complexity index is 833. The van der Waals surface area contributed by atoms with Crippen LogP contribution < -0.4 is 0 Å². The molecule has 0 aliphatic heterocycles. The van der Waals surface area contributed by atoms with Gasteiger partial charge >= 0.3 is 0 Å². The van der Waals surface area contributed by atoms with Crippen molar-refractivity contribution in [3.05, 3.63) is 11.6 Å². The van der Waals surface area contributed by atoms with E-state index in [4.69, 9.17) is 0 Å². The van der Waals surface area contributed by atoms with Crippen molar-refractivity contribution in [2.75, 3.05) is 6.61 Å². The van der Waals surface area contributed by atoms with Gasteiger partial charge in [-0.2, -0.15) is 0 Å². The molecule has 0 aromatic carbocycles. The topological polar surface area (TPSA) is 101 Å². The first-order chi connectivity index (χ1) is 16.1. The van der Waals surface area contributed by atoms with Gasteiger partial charge in [-0.1, -0.05) is 46.3 Å². The molecule has 0 aromatic heterocycles. The van der Waals surface area contributed by atoms with E-state index in [0.29, 0.717) is 24.2 Å². The molecule has 3 fully saturated rings. The third-order valence-corrected chi connectivity index (χ3v) is 12.4. The Morgan fingerprint density at radius 2 is 1.69 bits per heavy atom. The number of hydrogen-bond acceptors (Lipinski definition) is 5. The summed E-state index contributed by atoms with van der Waals surface area (Å²) < 4.78 is 0. The lowest BCUT2D eigenvalue weighted by molar-refractivity contribution is -0.155. The summed E-state index contributed by atoms with van der Waals surface area (Å²) in [6, 6.07) is 0. The smallest absolute Gasteiger partial charge is 0.108 e. The maximum atomic E-state index is 10.8. The third kappa shape index (κ3) is 3.90. The predicted molar refractivity (Wildman–Crippen MR) is 138 cm³/mol. The molecule has 5 nitrogen and oxygen atoms in total. The largest absolute Gasteiger partial charge is 0.396 e. The molecular formula is C30H52O5. The zero-order valence-corrected chi connectivity index (χ0v) is 23.2. The second-order valence-corrected chi connectivity index (χ2v) is 14.5. The first-order valence-electron chi connectivity index (χ1n) is 14.1. The Hall–Kier alpha value is -0.460. The average molecular weight is 493 g/mol. The molecule has 5 N–H and O–H groups in total. The molecule has 35 heavy (non-hydrogen) atoms. The van der Waals surface area contributed by atoms with Crippen molar-refractivity contribution in [3.8, 4) is 0 Å². The summed E-state index contributed by atoms with van der Waals surface area (Å²) in [5.74, 6) is 1.49. The van der Waals surface area contributed by atoms with Crippen LogP contribution in [0.3, 0.4) is 0 Å². The second kappa shape index (κ2) is 8.80. The number of fused-ring (bicyclic) bond motifs is 5. The lowest BCUT2D eigenvalue weighted by Gasteiger charge is -2.64. The second-order valence-electron chi connectivity index (χ2n) is 14.5. The number of hydrogen-bond donors (Lipinski definition) is 5. The number of aliphatic hydroxyl groups excluding tert-OH is 4. The molecule has 0 bridgehead atoms. The summed E-state index contributed by atoms with van der Waals surface area (Å²) in [7, 11) is 0. The van der Waals surface area contributed by atoms with E-state index >= 15 is 0 Å². The van der Waals surface area contributed by atoms with Gasteiger partial charge in [0, 0.05) is 5.41 Å². The van der Waals surface area contributed by atoms with Crippen LogP contribution in [0, 0.1) is 45.3 Å². The van der Waals surface area contributed by atoms with Crippen molar-refractivity contribution in [2.45, 2.75) is 124 Å². The molecule has 11 atom stereocenters. The Morgan fingerprint density at radius 1 is 1.03 bits per heavy atom. The molecule has 0 aromatic rings. The van der Waals surface area contributed by atoms with Gasteiger partial charge in [0.15, 0.2) is 0 Å². The van der Waals surface area contributed by atoms with Crippen LogP contribution in [-0.4, -0.2) is 56.1 Å². The Morgan fingerprint density at radius 3 is 2.29 bits per heavy atom. The van der Waals surface area contributed by atoms with Crippen molar-refractivity contribution in [1.29, 1.82) is 0 Å². The Labute approximate surface area is 213 Å². The molecule has 0 saturated heterocycles. The van der Waals surface area contributed by atoms with E-state index in [0.717, 1.165) is 44.9 Å². The van der Waals surface area contributed by atoms with Gasteiger partial charge < -0.3 is 25.5 Å². The summed E-state index contributed by atoms with van der Waals surface area (Å²) in [5, 5.41) is 52.5. The van der Waals surface area contributed by atoms with Crippen molar-refractivity contribution < 1.29 is 25.5 Å². The van der Waals surface area contributed by atoms with Gasteiger partial charge in [-0.3, -0.25) is 0 Å². The molecule has 0 spiro atoms. The zero-order valence-electron chi connectivity index (χ0n) is 23.2. The average Bonchev–Trinajstić information content (AvgIpc) is 3.06. The maximum absolute atomic E-state index is 10.8. The van der Waals surface area contributed by atoms with Gasteiger partial charge in [-0.05, 0) is 105 Å². The fourth-order valence-electron chi connectivity index (χ4n) is 9.84. The van der Waals surface area contributed by atoms with E-state index in [2.05, 4.69) is 40.7 Å². The van der Waals surface area contributed by atoms with E-state index in [9.17, 15) is 25.5 Å². The molecule has 4 aliphatic carbocycles. The van der Waals surface area contributed by atoms with Crippen LogP contribution in [0.1, 0.15) is 99.8 Å². The highest BCUT2D eigenvalue weighted by Crippen LogP contribution is 2.73. The molecule has 4 aliphatic rings. The number of allylic oxidation sites excluding steroid dienone is 2. The molecule has 0 amide bonds. The minimum atomic E-state index is -1.32. The van der Waals surface area contributed by atoms with Gasteiger partial charge in [0.25, 0.3) is 0 Å². The van der Waals surface area contributed by atoms with E-state index in [1.165, 1.54) is 0 Å². The number of aliphatic hydroxyl groups is 5. The summed E-state index contributed by atoms with van der Waals surface area (Å²) in [6.45, 7) is 14.8. The molecular weight excluding hydrogens is 440 g/mol. The van der Waals surface area contributed by atoms with Crippen LogP contribution in [0.5, 0.6) is 0 Å². The molecule has 0 heterocycles. The van der Waals surface area contributed by atoms with Crippen molar-refractivity contribution in [2.24, 2.45) is 45.3 Å². The molecule has 3 saturated carbocycles. The minimum Gasteiger partial charge on any atom is -0.396 e. The summed E-state index contributed by atoms with van der Waals surface area (Å²) in [5.41, 5.74) is 0.192. The van der Waals surface area contributed by atoms with Crippen LogP contribution in [0.15, 0.2) is 11.6 Å². The molecule has 0 radical (unpaired) electrons. The molecule has 4 rings (SSSR count). The minimum absolute atomic E-state index is 0.0394. The summed E-state index contributed by atoms with van der Waals surface area (Å²) >= 11 is 0. The lowest BCUT2D eigenvalue weighted by Crippen LogP contribution is -2.59. The zero-order chi connectivity index (χ0) is 26.2. The quantitative estimate of drug-likeness (QED) is 0.353. The normalized spacial score (nSPS) is 48.3. The molecule has 202 valence electrons. The van der Waals surface area contributed by atoms with Crippen molar-refractivity contribution >= 4 is 0 Å². The SMILES string of the molecule is C[C@@H](C[C@@H](O)[C@H](O)C(C)(C)O)[C@@H]1CC[C@]2(C)C3=CC[C@@H]4[C@](C)(CC[C@@H](O)[C@]4(C)CO)[C@H]3CC[C@@]12C. The van der Waals surface area contributed by atoms with Crippen molar-refractivity contribution in [1.82, 2.24) is 0 Å². The van der Waals surface area contributed by atoms with Gasteiger partial charge in [0.1, 0.15) is 6.10 Å². The Balaban J connectivity index is 1.61. The van der Waals surface area contributed by atoms with Crippen LogP contribution in [-0.2, 0) is 0 Å². The highest BCUT2D eigenvalue weighted by atomic mass is 16.4. The lowest BCUT2D eigenvalue weighted by atomic mass is 9.40. The summed E-state index contributed by atoms with van der Waals surface area (Å²) in [6.07, 6.45) is 7.74.